The van der Waals surface area contributed by atoms with E-state index in [9.17, 15) is 4.79 Å². The van der Waals surface area contributed by atoms with E-state index in [-0.39, 0.29) is 12.3 Å². The first kappa shape index (κ1) is 11.9. The lowest BCUT2D eigenvalue weighted by Gasteiger charge is -2.05. The van der Waals surface area contributed by atoms with Gasteiger partial charge in [-0.3, -0.25) is 9.89 Å². The van der Waals surface area contributed by atoms with Crippen LogP contribution in [0.1, 0.15) is 11.4 Å². The van der Waals surface area contributed by atoms with Gasteiger partial charge in [-0.1, -0.05) is 12.1 Å². The van der Waals surface area contributed by atoms with Crippen molar-refractivity contribution in [3.05, 3.63) is 46.2 Å². The number of aromatic nitrogens is 2. The van der Waals surface area contributed by atoms with Crippen LogP contribution in [0.2, 0.25) is 0 Å². The predicted molar refractivity (Wildman–Crippen MR) is 69.8 cm³/mol. The van der Waals surface area contributed by atoms with E-state index in [2.05, 4.69) is 31.4 Å². The molecule has 1 aromatic carbocycles. The molecule has 2 N–H and O–H groups in total. The lowest BCUT2D eigenvalue weighted by molar-refractivity contribution is -0.115. The molecule has 2 aromatic rings. The minimum atomic E-state index is -0.0802. The molecule has 0 aliphatic carbocycles. The normalized spacial score (nSPS) is 10.2. The number of hydrogen-bond acceptors (Lipinski definition) is 2. The second-order valence-electron chi connectivity index (χ2n) is 3.75. The highest BCUT2D eigenvalue weighted by Gasteiger charge is 2.08. The van der Waals surface area contributed by atoms with Crippen LogP contribution in [0.4, 0.5) is 5.69 Å². The largest absolute Gasteiger partial charge is 0.325 e. The van der Waals surface area contributed by atoms with Gasteiger partial charge in [0, 0.05) is 10.2 Å². The van der Waals surface area contributed by atoms with Gasteiger partial charge >= 0.3 is 0 Å². The maximum Gasteiger partial charge on any atom is 0.230 e. The molecule has 0 aliphatic heterocycles. The van der Waals surface area contributed by atoms with E-state index in [1.807, 2.05) is 37.3 Å². The average molecular weight is 294 g/mol. The SMILES string of the molecule is Cc1cc(CC(=O)Nc2ccccc2Br)n[nH]1. The van der Waals surface area contributed by atoms with Crippen LogP contribution in [0, 0.1) is 6.92 Å². The number of rotatable bonds is 3. The molecule has 1 heterocycles. The number of carbonyl (C=O) groups excluding carboxylic acids is 1. The number of anilines is 1. The first-order chi connectivity index (χ1) is 8.15. The van der Waals surface area contributed by atoms with Crippen molar-refractivity contribution in [1.29, 1.82) is 0 Å². The molecule has 0 aliphatic rings. The minimum Gasteiger partial charge on any atom is -0.325 e. The number of H-pyrrole nitrogens is 1. The molecule has 88 valence electrons. The Labute approximate surface area is 108 Å². The molecule has 0 saturated carbocycles. The lowest BCUT2D eigenvalue weighted by Crippen LogP contribution is -2.14. The van der Waals surface area contributed by atoms with Crippen molar-refractivity contribution in [2.75, 3.05) is 5.32 Å². The van der Waals surface area contributed by atoms with Crippen molar-refractivity contribution in [3.63, 3.8) is 0 Å². The number of aryl methyl sites for hydroxylation is 1. The number of amides is 1. The first-order valence-electron chi connectivity index (χ1n) is 5.20. The van der Waals surface area contributed by atoms with Crippen LogP contribution in [0.3, 0.4) is 0 Å². The standard InChI is InChI=1S/C12H12BrN3O/c1-8-6-9(16-15-8)7-12(17)14-11-5-3-2-4-10(11)13/h2-6H,7H2,1H3,(H,14,17)(H,15,16). The zero-order valence-electron chi connectivity index (χ0n) is 9.33. The van der Waals surface area contributed by atoms with E-state index in [1.54, 1.807) is 0 Å². The van der Waals surface area contributed by atoms with Crippen LogP contribution in [-0.2, 0) is 11.2 Å². The minimum absolute atomic E-state index is 0.0802. The van der Waals surface area contributed by atoms with Gasteiger partial charge in [0.15, 0.2) is 0 Å². The summed E-state index contributed by atoms with van der Waals surface area (Å²) in [6, 6.07) is 9.36. The van der Waals surface area contributed by atoms with Crippen LogP contribution >= 0.6 is 15.9 Å². The maximum atomic E-state index is 11.8. The molecular formula is C12H12BrN3O. The fourth-order valence-electron chi connectivity index (χ4n) is 1.49. The van der Waals surface area contributed by atoms with E-state index in [1.165, 1.54) is 0 Å². The molecule has 0 atom stereocenters. The quantitative estimate of drug-likeness (QED) is 0.914. The van der Waals surface area contributed by atoms with Gasteiger partial charge in [0.25, 0.3) is 0 Å². The van der Waals surface area contributed by atoms with Crippen molar-refractivity contribution in [2.45, 2.75) is 13.3 Å². The number of nitrogens with one attached hydrogen (secondary N) is 2. The van der Waals surface area contributed by atoms with Crippen molar-refractivity contribution >= 4 is 27.5 Å². The molecule has 0 spiro atoms. The van der Waals surface area contributed by atoms with Crippen LogP contribution < -0.4 is 5.32 Å². The number of para-hydroxylation sites is 1. The molecule has 0 radical (unpaired) electrons. The van der Waals surface area contributed by atoms with Crippen LogP contribution in [-0.4, -0.2) is 16.1 Å². The molecule has 1 amide bonds. The molecule has 0 bridgehead atoms. The fourth-order valence-corrected chi connectivity index (χ4v) is 1.87. The van der Waals surface area contributed by atoms with E-state index in [4.69, 9.17) is 0 Å². The van der Waals surface area contributed by atoms with Crippen LogP contribution in [0.25, 0.3) is 0 Å². The van der Waals surface area contributed by atoms with Gasteiger partial charge in [-0.05, 0) is 41.1 Å². The highest BCUT2D eigenvalue weighted by molar-refractivity contribution is 9.10. The summed E-state index contributed by atoms with van der Waals surface area (Å²) < 4.78 is 0.867. The number of benzene rings is 1. The summed E-state index contributed by atoms with van der Waals surface area (Å²) in [5, 5.41) is 9.66. The number of nitrogens with zero attached hydrogens (tertiary/aromatic N) is 1. The number of carbonyl (C=O) groups is 1. The smallest absolute Gasteiger partial charge is 0.230 e. The highest BCUT2D eigenvalue weighted by atomic mass is 79.9. The first-order valence-corrected chi connectivity index (χ1v) is 6.00. The molecule has 2 rings (SSSR count). The van der Waals surface area contributed by atoms with Crippen LogP contribution in [0.5, 0.6) is 0 Å². The number of halogens is 1. The van der Waals surface area contributed by atoms with E-state index < -0.39 is 0 Å². The van der Waals surface area contributed by atoms with Crippen molar-refractivity contribution in [3.8, 4) is 0 Å². The van der Waals surface area contributed by atoms with Crippen LogP contribution in [0.15, 0.2) is 34.8 Å². The summed E-state index contributed by atoms with van der Waals surface area (Å²) in [7, 11) is 0. The van der Waals surface area contributed by atoms with Gasteiger partial charge in [-0.2, -0.15) is 5.10 Å². The third-order valence-electron chi connectivity index (χ3n) is 2.25. The van der Waals surface area contributed by atoms with Gasteiger partial charge in [-0.25, -0.2) is 0 Å². The second kappa shape index (κ2) is 5.14. The Hall–Kier alpha value is -1.62. The van der Waals surface area contributed by atoms with Gasteiger partial charge in [-0.15, -0.1) is 0 Å². The Morgan fingerprint density at radius 3 is 2.88 bits per heavy atom. The Kier molecular flexibility index (Phi) is 3.58. The van der Waals surface area contributed by atoms with Gasteiger partial charge in [0.2, 0.25) is 5.91 Å². The molecular weight excluding hydrogens is 282 g/mol. The van der Waals surface area contributed by atoms with Gasteiger partial charge in [0.1, 0.15) is 0 Å². The molecule has 0 fully saturated rings. The van der Waals surface area contributed by atoms with Gasteiger partial charge < -0.3 is 5.32 Å². The number of aromatic amines is 1. The molecule has 0 saturated heterocycles. The zero-order valence-corrected chi connectivity index (χ0v) is 10.9. The topological polar surface area (TPSA) is 57.8 Å². The fraction of sp³-hybridized carbons (Fsp3) is 0.167. The molecule has 1 aromatic heterocycles. The third kappa shape index (κ3) is 3.17. The zero-order chi connectivity index (χ0) is 12.3. The van der Waals surface area contributed by atoms with Crippen molar-refractivity contribution in [1.82, 2.24) is 10.2 Å². The monoisotopic (exact) mass is 293 g/mol. The molecule has 5 heteroatoms. The second-order valence-corrected chi connectivity index (χ2v) is 4.60. The van der Waals surface area contributed by atoms with Crippen molar-refractivity contribution < 1.29 is 4.79 Å². The highest BCUT2D eigenvalue weighted by Crippen LogP contribution is 2.21. The summed E-state index contributed by atoms with van der Waals surface area (Å²) in [4.78, 5) is 11.8. The Balaban J connectivity index is 2.01. The maximum absolute atomic E-state index is 11.8. The molecule has 4 nitrogen and oxygen atoms in total. The Bertz CT molecular complexity index is 536. The Morgan fingerprint density at radius 1 is 1.47 bits per heavy atom. The number of hydrogen-bond donors (Lipinski definition) is 2. The summed E-state index contributed by atoms with van der Waals surface area (Å²) in [6.07, 6.45) is 0.270. The van der Waals surface area contributed by atoms with E-state index in [0.717, 1.165) is 21.5 Å². The third-order valence-corrected chi connectivity index (χ3v) is 2.94. The van der Waals surface area contributed by atoms with E-state index >= 15 is 0 Å². The predicted octanol–water partition coefficient (Wildman–Crippen LogP) is 2.66. The summed E-state index contributed by atoms with van der Waals surface area (Å²) in [6.45, 7) is 1.90. The molecule has 17 heavy (non-hydrogen) atoms. The molecule has 0 unspecified atom stereocenters. The van der Waals surface area contributed by atoms with E-state index in [0.29, 0.717) is 0 Å². The average Bonchev–Trinajstić information content (AvgIpc) is 2.67. The lowest BCUT2D eigenvalue weighted by atomic mass is 10.2. The van der Waals surface area contributed by atoms with Gasteiger partial charge in [0.05, 0.1) is 17.8 Å². The Morgan fingerprint density at radius 2 is 2.24 bits per heavy atom. The van der Waals surface area contributed by atoms with Crippen molar-refractivity contribution in [2.24, 2.45) is 0 Å². The summed E-state index contributed by atoms with van der Waals surface area (Å²) in [5.74, 6) is -0.0802. The summed E-state index contributed by atoms with van der Waals surface area (Å²) >= 11 is 3.38. The summed E-state index contributed by atoms with van der Waals surface area (Å²) in [5.41, 5.74) is 2.46.